The second kappa shape index (κ2) is 8.47. The number of non-ortho nitro benzene ring substituents is 1. The van der Waals surface area contributed by atoms with Gasteiger partial charge in [0.15, 0.2) is 11.6 Å². The van der Waals surface area contributed by atoms with Crippen molar-refractivity contribution >= 4 is 5.69 Å². The fourth-order valence-electron chi connectivity index (χ4n) is 3.72. The zero-order chi connectivity index (χ0) is 22.8. The molecule has 0 saturated carbocycles. The molecular weight excluding hydrogens is 418 g/mol. The molecule has 1 N–H and O–H groups in total. The van der Waals surface area contributed by atoms with Gasteiger partial charge >= 0.3 is 0 Å². The second-order valence-electron chi connectivity index (χ2n) is 7.35. The Balaban J connectivity index is 1.58. The van der Waals surface area contributed by atoms with Crippen LogP contribution in [0.1, 0.15) is 0 Å². The van der Waals surface area contributed by atoms with Crippen LogP contribution in [0, 0.1) is 10.1 Å². The van der Waals surface area contributed by atoms with Crippen LogP contribution < -0.4 is 4.74 Å². The van der Waals surface area contributed by atoms with Crippen molar-refractivity contribution in [3.05, 3.63) is 101 Å². The van der Waals surface area contributed by atoms with E-state index >= 15 is 0 Å². The minimum Gasteiger partial charge on any atom is -0.496 e. The molecule has 5 rings (SSSR count). The van der Waals surface area contributed by atoms with Gasteiger partial charge in [-0.15, -0.1) is 0 Å². The molecule has 0 saturated heterocycles. The summed E-state index contributed by atoms with van der Waals surface area (Å²) in [5, 5.41) is 11.1. The second-order valence-corrected chi connectivity index (χ2v) is 7.35. The lowest BCUT2D eigenvalue weighted by atomic mass is 10.1. The topological polar surface area (TPSA) is 94.2 Å². The van der Waals surface area contributed by atoms with Crippen molar-refractivity contribution in [1.29, 1.82) is 0 Å². The summed E-state index contributed by atoms with van der Waals surface area (Å²) >= 11 is 0. The third-order valence-corrected chi connectivity index (χ3v) is 5.31. The average molecular weight is 437 g/mol. The number of hydrogen-bond donors (Lipinski definition) is 1. The molecule has 0 fully saturated rings. The summed E-state index contributed by atoms with van der Waals surface area (Å²) in [6.45, 7) is 0. The molecule has 0 amide bonds. The number of methoxy groups -OCH3 is 1. The highest BCUT2D eigenvalue weighted by Crippen LogP contribution is 2.38. The number of imidazole rings is 1. The van der Waals surface area contributed by atoms with E-state index in [4.69, 9.17) is 14.1 Å². The Bertz CT molecular complexity index is 1370. The van der Waals surface area contributed by atoms with Crippen molar-refractivity contribution in [2.75, 3.05) is 7.11 Å². The summed E-state index contributed by atoms with van der Waals surface area (Å²) < 4.78 is 11.5. The summed E-state index contributed by atoms with van der Waals surface area (Å²) in [7, 11) is 1.47. The lowest BCUT2D eigenvalue weighted by Gasteiger charge is -2.05. The third kappa shape index (κ3) is 3.87. The van der Waals surface area contributed by atoms with Crippen molar-refractivity contribution in [2.24, 2.45) is 0 Å². The number of hydrogen-bond acceptors (Lipinski definition) is 5. The van der Waals surface area contributed by atoms with E-state index in [1.54, 1.807) is 12.1 Å². The van der Waals surface area contributed by atoms with Crippen LogP contribution in [-0.4, -0.2) is 22.0 Å². The van der Waals surface area contributed by atoms with Crippen LogP contribution in [0.2, 0.25) is 0 Å². The maximum absolute atomic E-state index is 11.1. The normalized spacial score (nSPS) is 10.8. The van der Waals surface area contributed by atoms with Crippen LogP contribution in [0.15, 0.2) is 95.4 Å². The molecule has 0 radical (unpaired) electrons. The first kappa shape index (κ1) is 20.3. The van der Waals surface area contributed by atoms with Crippen molar-refractivity contribution in [3.63, 3.8) is 0 Å². The standard InChI is InChI=1S/C26H19N3O4/c1-32-23-16-19(29(30)31)12-13-20(23)21-14-15-22(33-21)26-27-24(17-8-4-2-5-9-17)25(28-26)18-10-6-3-7-11-18/h2-16H,1H3,(H,27,28). The number of H-pyrrole nitrogens is 1. The zero-order valence-electron chi connectivity index (χ0n) is 17.7. The number of nitro benzene ring substituents is 1. The molecule has 2 aromatic heterocycles. The van der Waals surface area contributed by atoms with Gasteiger partial charge in [-0.2, -0.15) is 0 Å². The highest BCUT2D eigenvalue weighted by atomic mass is 16.6. The molecule has 2 heterocycles. The molecule has 0 aliphatic carbocycles. The highest BCUT2D eigenvalue weighted by molar-refractivity contribution is 5.81. The van der Waals surface area contributed by atoms with Gasteiger partial charge in [0.1, 0.15) is 11.5 Å². The summed E-state index contributed by atoms with van der Waals surface area (Å²) in [5.41, 5.74) is 4.29. The maximum Gasteiger partial charge on any atom is 0.273 e. The first-order valence-electron chi connectivity index (χ1n) is 10.3. The Morgan fingerprint density at radius 3 is 2.21 bits per heavy atom. The molecule has 7 nitrogen and oxygen atoms in total. The van der Waals surface area contributed by atoms with E-state index in [0.29, 0.717) is 28.7 Å². The van der Waals surface area contributed by atoms with Gasteiger partial charge in [-0.25, -0.2) is 4.98 Å². The zero-order valence-corrected chi connectivity index (χ0v) is 17.7. The number of furan rings is 1. The number of aromatic amines is 1. The Kier molecular flexibility index (Phi) is 5.20. The molecule has 0 atom stereocenters. The summed E-state index contributed by atoms with van der Waals surface area (Å²) in [6, 6.07) is 28.0. The highest BCUT2D eigenvalue weighted by Gasteiger charge is 2.19. The lowest BCUT2D eigenvalue weighted by Crippen LogP contribution is -1.92. The van der Waals surface area contributed by atoms with Crippen LogP contribution in [0.5, 0.6) is 5.75 Å². The summed E-state index contributed by atoms with van der Waals surface area (Å²) in [5.74, 6) is 2.01. The third-order valence-electron chi connectivity index (χ3n) is 5.31. The lowest BCUT2D eigenvalue weighted by molar-refractivity contribution is -0.384. The van der Waals surface area contributed by atoms with Crippen LogP contribution in [0.3, 0.4) is 0 Å². The number of nitrogens with one attached hydrogen (secondary N) is 1. The predicted octanol–water partition coefficient (Wildman–Crippen LogP) is 6.59. The molecule has 0 spiro atoms. The Morgan fingerprint density at radius 1 is 0.879 bits per heavy atom. The quantitative estimate of drug-likeness (QED) is 0.239. The van der Waals surface area contributed by atoms with E-state index in [1.807, 2.05) is 66.7 Å². The van der Waals surface area contributed by atoms with Gasteiger partial charge < -0.3 is 14.1 Å². The number of nitro groups is 1. The van der Waals surface area contributed by atoms with E-state index in [0.717, 1.165) is 22.5 Å². The minimum absolute atomic E-state index is 0.0478. The van der Waals surface area contributed by atoms with Crippen molar-refractivity contribution in [1.82, 2.24) is 9.97 Å². The monoisotopic (exact) mass is 437 g/mol. The number of aromatic nitrogens is 2. The molecule has 0 bridgehead atoms. The van der Waals surface area contributed by atoms with E-state index in [9.17, 15) is 10.1 Å². The fourth-order valence-corrected chi connectivity index (χ4v) is 3.72. The first-order valence-corrected chi connectivity index (χ1v) is 10.3. The molecule has 0 unspecified atom stereocenters. The first-order chi connectivity index (χ1) is 16.1. The van der Waals surface area contributed by atoms with Gasteiger partial charge in [-0.1, -0.05) is 60.7 Å². The van der Waals surface area contributed by atoms with Gasteiger partial charge in [0.05, 0.1) is 35.1 Å². The van der Waals surface area contributed by atoms with Gasteiger partial charge in [0.25, 0.3) is 5.69 Å². The molecule has 7 heteroatoms. The Morgan fingerprint density at radius 2 is 1.55 bits per heavy atom. The smallest absolute Gasteiger partial charge is 0.273 e. The predicted molar refractivity (Wildman–Crippen MR) is 126 cm³/mol. The van der Waals surface area contributed by atoms with E-state index in [2.05, 4.69) is 4.98 Å². The van der Waals surface area contributed by atoms with Gasteiger partial charge in [-0.05, 0) is 18.2 Å². The van der Waals surface area contributed by atoms with Crippen LogP contribution in [0.4, 0.5) is 5.69 Å². The summed E-state index contributed by atoms with van der Waals surface area (Å²) in [6.07, 6.45) is 0. The summed E-state index contributed by atoms with van der Waals surface area (Å²) in [4.78, 5) is 18.9. The molecule has 3 aromatic carbocycles. The SMILES string of the molecule is COc1cc([N+](=O)[O-])ccc1-c1ccc(-c2nc(-c3ccccc3)c(-c3ccccc3)[nH]2)o1. The van der Waals surface area contributed by atoms with E-state index in [1.165, 1.54) is 19.2 Å². The molecule has 0 aliphatic heterocycles. The largest absolute Gasteiger partial charge is 0.496 e. The molecular formula is C26H19N3O4. The van der Waals surface area contributed by atoms with Gasteiger partial charge in [-0.3, -0.25) is 10.1 Å². The van der Waals surface area contributed by atoms with Gasteiger partial charge in [0.2, 0.25) is 0 Å². The van der Waals surface area contributed by atoms with Crippen molar-refractivity contribution in [3.8, 4) is 51.2 Å². The van der Waals surface area contributed by atoms with Crippen LogP contribution in [0.25, 0.3) is 45.4 Å². The van der Waals surface area contributed by atoms with E-state index in [-0.39, 0.29) is 5.69 Å². The number of benzene rings is 3. The van der Waals surface area contributed by atoms with Crippen molar-refractivity contribution in [2.45, 2.75) is 0 Å². The molecule has 0 aliphatic rings. The van der Waals surface area contributed by atoms with Crippen LogP contribution in [-0.2, 0) is 0 Å². The molecule has 162 valence electrons. The minimum atomic E-state index is -0.459. The maximum atomic E-state index is 11.1. The van der Waals surface area contributed by atoms with Gasteiger partial charge in [0, 0.05) is 17.2 Å². The number of rotatable bonds is 6. The Hall–Kier alpha value is -4.65. The Labute approximate surface area is 189 Å². The molecule has 5 aromatic rings. The fraction of sp³-hybridized carbons (Fsp3) is 0.0385. The number of nitrogens with zero attached hydrogens (tertiary/aromatic N) is 2. The molecule has 33 heavy (non-hydrogen) atoms. The average Bonchev–Trinajstić information content (AvgIpc) is 3.52. The van der Waals surface area contributed by atoms with Crippen LogP contribution >= 0.6 is 0 Å². The van der Waals surface area contributed by atoms with E-state index < -0.39 is 4.92 Å². The number of ether oxygens (including phenoxy) is 1. The van der Waals surface area contributed by atoms with Crippen molar-refractivity contribution < 1.29 is 14.1 Å².